The summed E-state index contributed by atoms with van der Waals surface area (Å²) in [6.07, 6.45) is 4.49. The van der Waals surface area contributed by atoms with Crippen LogP contribution in [0.4, 0.5) is 5.69 Å². The first-order valence-electron chi connectivity index (χ1n) is 8.87. The highest BCUT2D eigenvalue weighted by Gasteiger charge is 2.26. The van der Waals surface area contributed by atoms with Crippen LogP contribution in [-0.2, 0) is 21.2 Å². The van der Waals surface area contributed by atoms with Crippen molar-refractivity contribution in [2.45, 2.75) is 37.5 Å². The van der Waals surface area contributed by atoms with Gasteiger partial charge in [0.1, 0.15) is 5.15 Å². The number of amides is 1. The van der Waals surface area contributed by atoms with Crippen molar-refractivity contribution in [2.24, 2.45) is 0 Å². The van der Waals surface area contributed by atoms with E-state index >= 15 is 0 Å². The van der Waals surface area contributed by atoms with Crippen molar-refractivity contribution in [1.82, 2.24) is 9.29 Å². The normalized spacial score (nSPS) is 15.5. The molecule has 1 aliphatic rings. The number of piperidine rings is 1. The lowest BCUT2D eigenvalue weighted by molar-refractivity contribution is -0.115. The number of carbonyl (C=O) groups excluding carboxylic acids is 1. The summed E-state index contributed by atoms with van der Waals surface area (Å²) in [5.41, 5.74) is 2.03. The molecule has 8 heteroatoms. The number of hydrogen-bond acceptors (Lipinski definition) is 4. The summed E-state index contributed by atoms with van der Waals surface area (Å²) >= 11 is 5.75. The second-order valence-corrected chi connectivity index (χ2v) is 8.98. The summed E-state index contributed by atoms with van der Waals surface area (Å²) in [6, 6.07) is 8.21. The Balaban J connectivity index is 1.76. The first-order chi connectivity index (χ1) is 12.9. The van der Waals surface area contributed by atoms with Crippen molar-refractivity contribution in [1.29, 1.82) is 0 Å². The van der Waals surface area contributed by atoms with E-state index < -0.39 is 10.0 Å². The van der Waals surface area contributed by atoms with Gasteiger partial charge in [0.15, 0.2) is 0 Å². The van der Waals surface area contributed by atoms with E-state index in [1.165, 1.54) is 10.4 Å². The molecule has 6 nitrogen and oxygen atoms in total. The van der Waals surface area contributed by atoms with Crippen LogP contribution in [0.3, 0.4) is 0 Å². The highest BCUT2D eigenvalue weighted by molar-refractivity contribution is 7.89. The lowest BCUT2D eigenvalue weighted by Gasteiger charge is -2.26. The van der Waals surface area contributed by atoms with Crippen LogP contribution < -0.4 is 5.32 Å². The molecule has 1 aromatic heterocycles. The van der Waals surface area contributed by atoms with E-state index in [0.717, 1.165) is 30.4 Å². The molecule has 1 fully saturated rings. The number of rotatable bonds is 5. The van der Waals surface area contributed by atoms with Crippen LogP contribution in [0.1, 0.15) is 30.4 Å². The smallest absolute Gasteiger partial charge is 0.243 e. The first-order valence-corrected chi connectivity index (χ1v) is 10.7. The van der Waals surface area contributed by atoms with Gasteiger partial charge in [-0.05, 0) is 49.1 Å². The van der Waals surface area contributed by atoms with Crippen LogP contribution in [0, 0.1) is 6.92 Å². The summed E-state index contributed by atoms with van der Waals surface area (Å²) in [4.78, 5) is 16.5. The molecule has 0 unspecified atom stereocenters. The number of benzene rings is 1. The van der Waals surface area contributed by atoms with E-state index in [1.54, 1.807) is 30.5 Å². The quantitative estimate of drug-likeness (QED) is 0.770. The summed E-state index contributed by atoms with van der Waals surface area (Å²) < 4.78 is 27.2. The molecular weight excluding hydrogens is 386 g/mol. The lowest BCUT2D eigenvalue weighted by Crippen LogP contribution is -2.35. The molecule has 3 rings (SSSR count). The van der Waals surface area contributed by atoms with Gasteiger partial charge in [-0.2, -0.15) is 4.31 Å². The van der Waals surface area contributed by atoms with Crippen LogP contribution in [0.15, 0.2) is 41.4 Å². The molecule has 2 aromatic rings. The predicted molar refractivity (Wildman–Crippen MR) is 105 cm³/mol. The van der Waals surface area contributed by atoms with Crippen LogP contribution in [0.2, 0.25) is 5.15 Å². The van der Waals surface area contributed by atoms with Crippen LogP contribution in [-0.4, -0.2) is 36.7 Å². The third-order valence-corrected chi connectivity index (χ3v) is 6.71. The molecule has 1 aliphatic heterocycles. The maximum absolute atomic E-state index is 12.9. The second kappa shape index (κ2) is 8.37. The molecule has 0 atom stereocenters. The number of pyridine rings is 1. The largest absolute Gasteiger partial charge is 0.326 e. The molecule has 0 aliphatic carbocycles. The maximum atomic E-state index is 12.9. The van der Waals surface area contributed by atoms with Crippen molar-refractivity contribution < 1.29 is 13.2 Å². The van der Waals surface area contributed by atoms with Crippen LogP contribution in [0.5, 0.6) is 0 Å². The number of hydrogen-bond donors (Lipinski definition) is 1. The highest BCUT2D eigenvalue weighted by atomic mass is 35.5. The average Bonchev–Trinajstić information content (AvgIpc) is 2.66. The molecule has 0 spiro atoms. The molecule has 1 saturated heterocycles. The summed E-state index contributed by atoms with van der Waals surface area (Å²) in [7, 11) is -3.54. The zero-order chi connectivity index (χ0) is 19.4. The second-order valence-electron chi connectivity index (χ2n) is 6.66. The number of nitrogens with zero attached hydrogens (tertiary/aromatic N) is 2. The minimum atomic E-state index is -3.54. The van der Waals surface area contributed by atoms with Crippen molar-refractivity contribution in [2.75, 3.05) is 18.4 Å². The van der Waals surface area contributed by atoms with E-state index in [4.69, 9.17) is 11.6 Å². The Labute approximate surface area is 164 Å². The predicted octanol–water partition coefficient (Wildman–Crippen LogP) is 3.40. The van der Waals surface area contributed by atoms with Gasteiger partial charge in [0.2, 0.25) is 15.9 Å². The van der Waals surface area contributed by atoms with Gasteiger partial charge in [-0.15, -0.1) is 0 Å². The topological polar surface area (TPSA) is 79.4 Å². The Morgan fingerprint density at radius 2 is 1.93 bits per heavy atom. The molecule has 1 amide bonds. The molecule has 1 aromatic carbocycles. The Bertz CT molecular complexity index is 924. The summed E-state index contributed by atoms with van der Waals surface area (Å²) in [5, 5.41) is 3.17. The molecule has 0 bridgehead atoms. The molecule has 144 valence electrons. The fourth-order valence-electron chi connectivity index (χ4n) is 3.04. The van der Waals surface area contributed by atoms with E-state index in [-0.39, 0.29) is 17.2 Å². The zero-order valence-electron chi connectivity index (χ0n) is 15.1. The fourth-order valence-corrected chi connectivity index (χ4v) is 4.70. The molecule has 27 heavy (non-hydrogen) atoms. The number of aromatic nitrogens is 1. The Morgan fingerprint density at radius 1 is 1.19 bits per heavy atom. The minimum absolute atomic E-state index is 0.132. The van der Waals surface area contributed by atoms with E-state index in [2.05, 4.69) is 10.3 Å². The third kappa shape index (κ3) is 4.86. The van der Waals surface area contributed by atoms with Gasteiger partial charge in [0.05, 0.1) is 11.3 Å². The van der Waals surface area contributed by atoms with Crippen molar-refractivity contribution in [3.63, 3.8) is 0 Å². The molecule has 0 radical (unpaired) electrons. The monoisotopic (exact) mass is 407 g/mol. The molecule has 0 saturated carbocycles. The number of halogens is 1. The Kier molecular flexibility index (Phi) is 6.14. The van der Waals surface area contributed by atoms with E-state index in [0.29, 0.717) is 23.9 Å². The SMILES string of the molecule is Cc1ccc(S(=O)(=O)N2CCCCC2)cc1NC(=O)Cc1ccc(Cl)nc1. The number of carbonyl (C=O) groups is 1. The lowest BCUT2D eigenvalue weighted by atomic mass is 10.1. The standard InChI is InChI=1S/C19H22ClN3O3S/c1-14-5-7-16(27(25,26)23-9-3-2-4-10-23)12-17(14)22-19(24)11-15-6-8-18(20)21-13-15/h5-8,12-13H,2-4,9-11H2,1H3,(H,22,24). The van der Waals surface area contributed by atoms with Crippen LogP contribution in [0.25, 0.3) is 0 Å². The highest BCUT2D eigenvalue weighted by Crippen LogP contribution is 2.25. The number of nitrogens with one attached hydrogen (secondary N) is 1. The summed E-state index contributed by atoms with van der Waals surface area (Å²) in [6.45, 7) is 2.92. The van der Waals surface area contributed by atoms with Gasteiger partial charge in [0.25, 0.3) is 0 Å². The number of aryl methyl sites for hydroxylation is 1. The van der Waals surface area contributed by atoms with Gasteiger partial charge in [-0.25, -0.2) is 13.4 Å². The number of anilines is 1. The van der Waals surface area contributed by atoms with Crippen molar-refractivity contribution in [3.8, 4) is 0 Å². The van der Waals surface area contributed by atoms with Crippen molar-refractivity contribution >= 4 is 33.2 Å². The average molecular weight is 408 g/mol. The van der Waals surface area contributed by atoms with Gasteiger partial charge in [-0.1, -0.05) is 30.2 Å². The van der Waals surface area contributed by atoms with Gasteiger partial charge in [0, 0.05) is 25.0 Å². The minimum Gasteiger partial charge on any atom is -0.326 e. The van der Waals surface area contributed by atoms with Crippen LogP contribution >= 0.6 is 11.6 Å². The molecule has 2 heterocycles. The van der Waals surface area contributed by atoms with E-state index in [1.807, 2.05) is 6.92 Å². The fraction of sp³-hybridized carbons (Fsp3) is 0.368. The maximum Gasteiger partial charge on any atom is 0.243 e. The van der Waals surface area contributed by atoms with E-state index in [9.17, 15) is 13.2 Å². The first kappa shape index (κ1) is 19.8. The molecular formula is C19H22ClN3O3S. The van der Waals surface area contributed by atoms with Crippen molar-refractivity contribution in [3.05, 3.63) is 52.8 Å². The Hall–Kier alpha value is -1.96. The van der Waals surface area contributed by atoms with Gasteiger partial charge >= 0.3 is 0 Å². The van der Waals surface area contributed by atoms with Gasteiger partial charge < -0.3 is 5.32 Å². The molecule has 1 N–H and O–H groups in total. The summed E-state index contributed by atoms with van der Waals surface area (Å²) in [5.74, 6) is -0.241. The number of sulfonamides is 1. The third-order valence-electron chi connectivity index (χ3n) is 4.59. The Morgan fingerprint density at radius 3 is 2.59 bits per heavy atom. The van der Waals surface area contributed by atoms with Gasteiger partial charge in [-0.3, -0.25) is 4.79 Å². The zero-order valence-corrected chi connectivity index (χ0v) is 16.7.